The van der Waals surface area contributed by atoms with Crippen LogP contribution in [0.3, 0.4) is 0 Å². The van der Waals surface area contributed by atoms with Crippen molar-refractivity contribution in [2.75, 3.05) is 11.9 Å². The monoisotopic (exact) mass is 323 g/mol. The van der Waals surface area contributed by atoms with E-state index in [1.54, 1.807) is 6.92 Å². The van der Waals surface area contributed by atoms with Gasteiger partial charge >= 0.3 is 6.18 Å². The minimum Gasteiger partial charge on any atom is -0.394 e. The third-order valence-electron chi connectivity index (χ3n) is 3.42. The van der Waals surface area contributed by atoms with Gasteiger partial charge in [0.2, 0.25) is 5.95 Å². The van der Waals surface area contributed by atoms with Crippen molar-refractivity contribution in [2.45, 2.75) is 43.6 Å². The lowest BCUT2D eigenvalue weighted by Crippen LogP contribution is -2.60. The summed E-state index contributed by atoms with van der Waals surface area (Å²) in [7, 11) is 0. The van der Waals surface area contributed by atoms with E-state index in [1.807, 2.05) is 0 Å². The Morgan fingerprint density at radius 3 is 2.59 bits per heavy atom. The fraction of sp³-hybridized carbons (Fsp3) is 0.667. The summed E-state index contributed by atoms with van der Waals surface area (Å²) in [6.07, 6.45) is -8.08. The van der Waals surface area contributed by atoms with Crippen LogP contribution in [0.5, 0.6) is 0 Å². The lowest BCUT2D eigenvalue weighted by atomic mass is 9.94. The number of hydrogen-bond acceptors (Lipinski definition) is 7. The van der Waals surface area contributed by atoms with Crippen LogP contribution in [0.25, 0.3) is 0 Å². The van der Waals surface area contributed by atoms with Crippen LogP contribution >= 0.6 is 0 Å². The Balaban J connectivity index is 2.16. The Morgan fingerprint density at radius 1 is 1.32 bits per heavy atom. The summed E-state index contributed by atoms with van der Waals surface area (Å²) in [5.74, 6) is -0.344. The van der Waals surface area contributed by atoms with Crippen molar-refractivity contribution in [2.24, 2.45) is 0 Å². The van der Waals surface area contributed by atoms with Gasteiger partial charge in [0.15, 0.2) is 0 Å². The molecule has 0 spiro atoms. The summed E-state index contributed by atoms with van der Waals surface area (Å²) in [5, 5.41) is 31.4. The van der Waals surface area contributed by atoms with E-state index in [0.717, 1.165) is 12.3 Å². The molecule has 5 atom stereocenters. The average Bonchev–Trinajstić information content (AvgIpc) is 2.47. The number of nitrogens with zero attached hydrogens (tertiary/aromatic N) is 2. The van der Waals surface area contributed by atoms with Crippen molar-refractivity contribution in [1.29, 1.82) is 0 Å². The van der Waals surface area contributed by atoms with Crippen LogP contribution in [0, 0.1) is 0 Å². The molecule has 124 valence electrons. The average molecular weight is 323 g/mol. The first kappa shape index (κ1) is 16.9. The molecule has 4 N–H and O–H groups in total. The summed E-state index contributed by atoms with van der Waals surface area (Å²) in [4.78, 5) is 6.99. The second-order valence-corrected chi connectivity index (χ2v) is 4.98. The highest BCUT2D eigenvalue weighted by molar-refractivity contribution is 5.29. The number of aliphatic hydroxyl groups excluding tert-OH is 3. The summed E-state index contributed by atoms with van der Waals surface area (Å²) in [5.41, 5.74) is -1.13. The topological polar surface area (TPSA) is 108 Å². The predicted octanol–water partition coefficient (Wildman–Crippen LogP) is -0.223. The number of nitrogens with one attached hydrogen (secondary N) is 1. The standard InChI is InChI=1S/C12H16F3N3O4/c1-5-8(10(21)9(20)6(4-19)22-5)18-11-16-3-2-7(17-11)12(13,14)15/h2-3,5-6,8-10,19-21H,4H2,1H3,(H,16,17,18)/t5-,6+,8-,9-,10+/m0/s1. The molecule has 0 radical (unpaired) electrons. The van der Waals surface area contributed by atoms with Crippen LogP contribution in [0.1, 0.15) is 12.6 Å². The number of alkyl halides is 3. The van der Waals surface area contributed by atoms with E-state index < -0.39 is 48.9 Å². The van der Waals surface area contributed by atoms with E-state index in [9.17, 15) is 23.4 Å². The highest BCUT2D eigenvalue weighted by Gasteiger charge is 2.43. The van der Waals surface area contributed by atoms with Gasteiger partial charge in [0.25, 0.3) is 0 Å². The van der Waals surface area contributed by atoms with Gasteiger partial charge in [-0.25, -0.2) is 9.97 Å². The van der Waals surface area contributed by atoms with Crippen LogP contribution in [0.15, 0.2) is 12.3 Å². The molecule has 0 bridgehead atoms. The first-order chi connectivity index (χ1) is 10.2. The Hall–Kier alpha value is -1.49. The molecule has 0 unspecified atom stereocenters. The van der Waals surface area contributed by atoms with E-state index in [0.29, 0.717) is 0 Å². The minimum atomic E-state index is -4.62. The molecule has 0 aromatic carbocycles. The Bertz CT molecular complexity index is 517. The number of rotatable bonds is 3. The zero-order valence-corrected chi connectivity index (χ0v) is 11.5. The first-order valence-corrected chi connectivity index (χ1v) is 6.53. The molecule has 10 heteroatoms. The highest BCUT2D eigenvalue weighted by atomic mass is 19.4. The largest absolute Gasteiger partial charge is 0.433 e. The van der Waals surface area contributed by atoms with Crippen molar-refractivity contribution >= 4 is 5.95 Å². The van der Waals surface area contributed by atoms with Crippen molar-refractivity contribution in [3.63, 3.8) is 0 Å². The van der Waals surface area contributed by atoms with Gasteiger partial charge in [-0.1, -0.05) is 0 Å². The molecule has 2 heterocycles. The van der Waals surface area contributed by atoms with Gasteiger partial charge in [-0.15, -0.1) is 0 Å². The molecule has 1 saturated heterocycles. The van der Waals surface area contributed by atoms with Gasteiger partial charge in [-0.2, -0.15) is 13.2 Å². The molecule has 1 aliphatic rings. The summed E-state index contributed by atoms with van der Waals surface area (Å²) < 4.78 is 43.1. The van der Waals surface area contributed by atoms with Crippen molar-refractivity contribution < 1.29 is 33.2 Å². The fourth-order valence-electron chi connectivity index (χ4n) is 2.24. The maximum absolute atomic E-state index is 12.6. The van der Waals surface area contributed by atoms with Crippen LogP contribution in [-0.4, -0.2) is 62.4 Å². The number of anilines is 1. The Labute approximate surface area is 123 Å². The van der Waals surface area contributed by atoms with E-state index in [4.69, 9.17) is 9.84 Å². The molecular formula is C12H16F3N3O4. The predicted molar refractivity (Wildman–Crippen MR) is 67.9 cm³/mol. The van der Waals surface area contributed by atoms with Crippen LogP contribution in [-0.2, 0) is 10.9 Å². The number of hydrogen-bond donors (Lipinski definition) is 4. The molecular weight excluding hydrogens is 307 g/mol. The Morgan fingerprint density at radius 2 is 2.00 bits per heavy atom. The second-order valence-electron chi connectivity index (χ2n) is 4.98. The zero-order chi connectivity index (χ0) is 16.5. The van der Waals surface area contributed by atoms with E-state index in [-0.39, 0.29) is 5.95 Å². The zero-order valence-electron chi connectivity index (χ0n) is 11.5. The van der Waals surface area contributed by atoms with Gasteiger partial charge in [-0.05, 0) is 13.0 Å². The molecule has 2 rings (SSSR count). The summed E-state index contributed by atoms with van der Waals surface area (Å²) in [6, 6.07) is -0.208. The number of ether oxygens (including phenoxy) is 1. The molecule has 0 saturated carbocycles. The smallest absolute Gasteiger partial charge is 0.394 e. The van der Waals surface area contributed by atoms with Gasteiger partial charge in [0.1, 0.15) is 24.0 Å². The minimum absolute atomic E-state index is 0.344. The summed E-state index contributed by atoms with van der Waals surface area (Å²) in [6.45, 7) is 1.05. The molecule has 0 aliphatic carbocycles. The van der Waals surface area contributed by atoms with E-state index in [2.05, 4.69) is 15.3 Å². The van der Waals surface area contributed by atoms with Crippen LogP contribution < -0.4 is 5.32 Å². The van der Waals surface area contributed by atoms with Crippen molar-refractivity contribution in [1.82, 2.24) is 9.97 Å². The van der Waals surface area contributed by atoms with Crippen LogP contribution in [0.2, 0.25) is 0 Å². The lowest BCUT2D eigenvalue weighted by Gasteiger charge is -2.41. The molecule has 1 aliphatic heterocycles. The third kappa shape index (κ3) is 3.46. The molecule has 22 heavy (non-hydrogen) atoms. The van der Waals surface area contributed by atoms with Crippen molar-refractivity contribution in [3.8, 4) is 0 Å². The molecule has 1 aromatic heterocycles. The highest BCUT2D eigenvalue weighted by Crippen LogP contribution is 2.28. The van der Waals surface area contributed by atoms with E-state index in [1.165, 1.54) is 0 Å². The number of aliphatic hydroxyl groups is 3. The number of halogens is 3. The van der Waals surface area contributed by atoms with E-state index >= 15 is 0 Å². The van der Waals surface area contributed by atoms with Gasteiger partial charge in [0.05, 0.1) is 18.8 Å². The molecule has 7 nitrogen and oxygen atoms in total. The van der Waals surface area contributed by atoms with Crippen molar-refractivity contribution in [3.05, 3.63) is 18.0 Å². The fourth-order valence-corrected chi connectivity index (χ4v) is 2.24. The Kier molecular flexibility index (Phi) is 4.85. The molecule has 0 amide bonds. The van der Waals surface area contributed by atoms with Gasteiger partial charge in [0, 0.05) is 6.20 Å². The van der Waals surface area contributed by atoms with Gasteiger partial charge < -0.3 is 25.4 Å². The normalized spacial score (nSPS) is 32.8. The molecule has 1 fully saturated rings. The summed E-state index contributed by atoms with van der Waals surface area (Å²) >= 11 is 0. The first-order valence-electron chi connectivity index (χ1n) is 6.53. The van der Waals surface area contributed by atoms with Gasteiger partial charge in [-0.3, -0.25) is 0 Å². The second kappa shape index (κ2) is 6.32. The maximum Gasteiger partial charge on any atom is 0.433 e. The van der Waals surface area contributed by atoms with Crippen LogP contribution in [0.4, 0.5) is 19.1 Å². The number of aromatic nitrogens is 2. The quantitative estimate of drug-likeness (QED) is 0.609. The maximum atomic E-state index is 12.6. The molecule has 1 aromatic rings. The SMILES string of the molecule is C[C@@H]1O[C@H](CO)[C@H](O)[C@H](O)[C@H]1Nc1nccc(C(F)(F)F)n1. The third-order valence-corrected chi connectivity index (χ3v) is 3.42. The lowest BCUT2D eigenvalue weighted by molar-refractivity contribution is -0.180.